The maximum absolute atomic E-state index is 10.9. The van der Waals surface area contributed by atoms with Crippen molar-refractivity contribution in [2.45, 2.75) is 20.3 Å². The van der Waals surface area contributed by atoms with E-state index >= 15 is 0 Å². The molecule has 18 heavy (non-hydrogen) atoms. The third-order valence-corrected chi connectivity index (χ3v) is 2.97. The molecule has 0 aromatic heterocycles. The molecule has 1 aromatic rings. The Bertz CT molecular complexity index is 431. The number of halogens is 1. The minimum atomic E-state index is -1.05. The third-order valence-electron chi connectivity index (χ3n) is 2.69. The van der Waals surface area contributed by atoms with Gasteiger partial charge >= 0.3 is 5.97 Å². The molecule has 100 valence electrons. The van der Waals surface area contributed by atoms with Gasteiger partial charge in [-0.05, 0) is 18.1 Å². The fraction of sp³-hybridized carbons (Fsp3) is 0.462. The lowest BCUT2D eigenvalue weighted by Gasteiger charge is -2.15. The number of carboxylic acid groups (broad SMARTS) is 1. The molecule has 0 spiro atoms. The van der Waals surface area contributed by atoms with Crippen molar-refractivity contribution < 1.29 is 19.4 Å². The zero-order valence-corrected chi connectivity index (χ0v) is 11.5. The Morgan fingerprint density at radius 1 is 1.50 bits per heavy atom. The van der Waals surface area contributed by atoms with Crippen molar-refractivity contribution in [2.24, 2.45) is 5.92 Å². The van der Waals surface area contributed by atoms with E-state index in [1.54, 1.807) is 0 Å². The number of benzene rings is 1. The standard InChI is InChI=1S/C13H17ClO4/c1-4-8(2)7-18-12-10(14)5-9(13(15)16)6-11(12)17-3/h5-6,8H,4,7H2,1-3H3,(H,15,16). The highest BCUT2D eigenvalue weighted by atomic mass is 35.5. The summed E-state index contributed by atoms with van der Waals surface area (Å²) in [6, 6.07) is 2.76. The van der Waals surface area contributed by atoms with Crippen LogP contribution in [0.1, 0.15) is 30.6 Å². The van der Waals surface area contributed by atoms with Crippen LogP contribution in [-0.4, -0.2) is 24.8 Å². The molecule has 0 aliphatic heterocycles. The van der Waals surface area contributed by atoms with E-state index in [2.05, 4.69) is 13.8 Å². The summed E-state index contributed by atoms with van der Waals surface area (Å²) in [6.07, 6.45) is 0.993. The number of hydrogen-bond acceptors (Lipinski definition) is 3. The van der Waals surface area contributed by atoms with Crippen molar-refractivity contribution in [1.29, 1.82) is 0 Å². The van der Waals surface area contributed by atoms with Crippen molar-refractivity contribution in [3.05, 3.63) is 22.7 Å². The summed E-state index contributed by atoms with van der Waals surface area (Å²) in [6.45, 7) is 4.64. The topological polar surface area (TPSA) is 55.8 Å². The quantitative estimate of drug-likeness (QED) is 0.861. The lowest BCUT2D eigenvalue weighted by Crippen LogP contribution is -2.09. The Balaban J connectivity index is 3.00. The van der Waals surface area contributed by atoms with E-state index in [4.69, 9.17) is 26.2 Å². The number of carboxylic acids is 1. The van der Waals surface area contributed by atoms with Crippen LogP contribution in [0.4, 0.5) is 0 Å². The number of methoxy groups -OCH3 is 1. The predicted octanol–water partition coefficient (Wildman–Crippen LogP) is 3.47. The second kappa shape index (κ2) is 6.50. The largest absolute Gasteiger partial charge is 0.493 e. The molecule has 0 saturated heterocycles. The normalized spacial score (nSPS) is 12.0. The van der Waals surface area contributed by atoms with Gasteiger partial charge in [-0.2, -0.15) is 0 Å². The molecule has 0 aliphatic rings. The average Bonchev–Trinajstić information content (AvgIpc) is 2.35. The molecule has 4 nitrogen and oxygen atoms in total. The molecular weight excluding hydrogens is 256 g/mol. The number of aromatic carboxylic acids is 1. The predicted molar refractivity (Wildman–Crippen MR) is 69.9 cm³/mol. The van der Waals surface area contributed by atoms with Crippen molar-refractivity contribution in [3.8, 4) is 11.5 Å². The van der Waals surface area contributed by atoms with Crippen LogP contribution < -0.4 is 9.47 Å². The number of carbonyl (C=O) groups is 1. The van der Waals surface area contributed by atoms with Gasteiger partial charge in [0.05, 0.1) is 24.3 Å². The maximum Gasteiger partial charge on any atom is 0.335 e. The molecule has 1 atom stereocenters. The lowest BCUT2D eigenvalue weighted by molar-refractivity contribution is 0.0696. The summed E-state index contributed by atoms with van der Waals surface area (Å²) < 4.78 is 10.7. The fourth-order valence-electron chi connectivity index (χ4n) is 1.33. The third kappa shape index (κ3) is 3.53. The summed E-state index contributed by atoms with van der Waals surface area (Å²) in [5.74, 6) is 0.0706. The van der Waals surface area contributed by atoms with Crippen molar-refractivity contribution in [3.63, 3.8) is 0 Å². The van der Waals surface area contributed by atoms with Crippen LogP contribution >= 0.6 is 11.6 Å². The summed E-state index contributed by atoms with van der Waals surface area (Å²) in [5, 5.41) is 9.17. The highest BCUT2D eigenvalue weighted by Crippen LogP contribution is 2.36. The molecule has 5 heteroatoms. The Labute approximate surface area is 111 Å². The Morgan fingerprint density at radius 2 is 2.17 bits per heavy atom. The van der Waals surface area contributed by atoms with Gasteiger partial charge in [0.1, 0.15) is 0 Å². The molecule has 0 aliphatic carbocycles. The minimum Gasteiger partial charge on any atom is -0.493 e. The van der Waals surface area contributed by atoms with Crippen LogP contribution in [0, 0.1) is 5.92 Å². The maximum atomic E-state index is 10.9. The first-order valence-corrected chi connectivity index (χ1v) is 6.11. The lowest BCUT2D eigenvalue weighted by atomic mass is 10.1. The summed E-state index contributed by atoms with van der Waals surface area (Å²) >= 11 is 6.02. The van der Waals surface area contributed by atoms with E-state index in [1.807, 2.05) is 0 Å². The highest BCUT2D eigenvalue weighted by Gasteiger charge is 2.15. The van der Waals surface area contributed by atoms with Crippen molar-refractivity contribution >= 4 is 17.6 Å². The summed E-state index contributed by atoms with van der Waals surface area (Å²) in [5.41, 5.74) is 0.0766. The molecule has 0 fully saturated rings. The minimum absolute atomic E-state index is 0.0766. The Morgan fingerprint density at radius 3 is 2.67 bits per heavy atom. The molecule has 0 amide bonds. The zero-order valence-electron chi connectivity index (χ0n) is 10.7. The summed E-state index contributed by atoms with van der Waals surface area (Å²) in [7, 11) is 1.45. The zero-order chi connectivity index (χ0) is 13.7. The molecule has 1 aromatic carbocycles. The second-order valence-electron chi connectivity index (χ2n) is 4.12. The molecule has 1 unspecified atom stereocenters. The molecule has 0 heterocycles. The van der Waals surface area contributed by atoms with Crippen LogP contribution in [-0.2, 0) is 0 Å². The van der Waals surface area contributed by atoms with Gasteiger partial charge in [0.15, 0.2) is 11.5 Å². The molecule has 0 bridgehead atoms. The first-order chi connectivity index (χ1) is 8.49. The van der Waals surface area contributed by atoms with Gasteiger partial charge in [-0.15, -0.1) is 0 Å². The van der Waals surface area contributed by atoms with E-state index in [9.17, 15) is 4.79 Å². The van der Waals surface area contributed by atoms with Crippen LogP contribution in [0.25, 0.3) is 0 Å². The van der Waals surface area contributed by atoms with Gasteiger partial charge in [0.25, 0.3) is 0 Å². The molecule has 1 N–H and O–H groups in total. The van der Waals surface area contributed by atoms with Gasteiger partial charge in [-0.25, -0.2) is 4.79 Å². The van der Waals surface area contributed by atoms with Gasteiger partial charge in [0.2, 0.25) is 0 Å². The molecule has 0 saturated carbocycles. The van der Waals surface area contributed by atoms with Gasteiger partial charge in [-0.1, -0.05) is 31.9 Å². The monoisotopic (exact) mass is 272 g/mol. The van der Waals surface area contributed by atoms with Crippen LogP contribution in [0.5, 0.6) is 11.5 Å². The SMILES string of the molecule is CCC(C)COc1c(Cl)cc(C(=O)O)cc1OC. The van der Waals surface area contributed by atoms with E-state index in [1.165, 1.54) is 19.2 Å². The van der Waals surface area contributed by atoms with Gasteiger partial charge in [0, 0.05) is 0 Å². The Kier molecular flexibility index (Phi) is 5.28. The van der Waals surface area contributed by atoms with E-state index in [0.717, 1.165) is 6.42 Å². The second-order valence-corrected chi connectivity index (χ2v) is 4.53. The van der Waals surface area contributed by atoms with E-state index < -0.39 is 5.97 Å². The first kappa shape index (κ1) is 14.6. The fourth-order valence-corrected chi connectivity index (χ4v) is 1.59. The average molecular weight is 273 g/mol. The molecule has 1 rings (SSSR count). The van der Waals surface area contributed by atoms with E-state index in [-0.39, 0.29) is 10.6 Å². The smallest absolute Gasteiger partial charge is 0.335 e. The Hall–Kier alpha value is -1.42. The highest BCUT2D eigenvalue weighted by molar-refractivity contribution is 6.32. The van der Waals surface area contributed by atoms with Gasteiger partial charge in [-0.3, -0.25) is 0 Å². The first-order valence-electron chi connectivity index (χ1n) is 5.73. The van der Waals surface area contributed by atoms with Crippen molar-refractivity contribution in [1.82, 2.24) is 0 Å². The summed E-state index contributed by atoms with van der Waals surface area (Å²) in [4.78, 5) is 10.9. The van der Waals surface area contributed by atoms with E-state index in [0.29, 0.717) is 24.0 Å². The molecule has 0 radical (unpaired) electrons. The van der Waals surface area contributed by atoms with Crippen LogP contribution in [0.15, 0.2) is 12.1 Å². The number of rotatable bonds is 6. The number of ether oxygens (including phenoxy) is 2. The van der Waals surface area contributed by atoms with Crippen molar-refractivity contribution in [2.75, 3.05) is 13.7 Å². The van der Waals surface area contributed by atoms with Crippen LogP contribution in [0.3, 0.4) is 0 Å². The number of hydrogen-bond donors (Lipinski definition) is 1. The molecular formula is C13H17ClO4. The van der Waals surface area contributed by atoms with Crippen LogP contribution in [0.2, 0.25) is 5.02 Å². The van der Waals surface area contributed by atoms with Gasteiger partial charge < -0.3 is 14.6 Å².